The summed E-state index contributed by atoms with van der Waals surface area (Å²) in [6.45, 7) is 1.89. The average Bonchev–Trinajstić information content (AvgIpc) is 2.31. The van der Waals surface area contributed by atoms with E-state index in [0.717, 1.165) is 12.7 Å². The number of hydrogen-bond acceptors (Lipinski definition) is 5. The Morgan fingerprint density at radius 2 is 2.11 bits per heavy atom. The van der Waals surface area contributed by atoms with Gasteiger partial charge in [-0.05, 0) is 24.1 Å². The Balaban J connectivity index is 2.93. The molecular formula is C10H14N2O5S. The van der Waals surface area contributed by atoms with Crippen molar-refractivity contribution in [2.45, 2.75) is 13.3 Å². The lowest BCUT2D eigenvalue weighted by molar-refractivity contribution is 0.177. The molecule has 0 aliphatic heterocycles. The molecule has 3 N–H and O–H groups in total. The monoisotopic (exact) mass is 274 g/mol. The molecule has 1 aromatic carbocycles. The van der Waals surface area contributed by atoms with Gasteiger partial charge in [0.15, 0.2) is 0 Å². The van der Waals surface area contributed by atoms with Crippen molar-refractivity contribution in [1.82, 2.24) is 4.72 Å². The Labute approximate surface area is 105 Å². The van der Waals surface area contributed by atoms with Gasteiger partial charge in [-0.25, -0.2) is 9.52 Å². The molecule has 0 saturated carbocycles. The molecule has 0 heterocycles. The SMILES string of the molecule is CCc1ccc(O)c(NS(=O)(=O)NC(=O)OC)c1. The molecule has 1 rings (SSSR count). The maximum Gasteiger partial charge on any atom is 0.422 e. The van der Waals surface area contributed by atoms with Crippen LogP contribution in [0.4, 0.5) is 10.5 Å². The van der Waals surface area contributed by atoms with Crippen molar-refractivity contribution in [1.29, 1.82) is 0 Å². The number of phenols is 1. The molecule has 100 valence electrons. The number of aromatic hydroxyl groups is 1. The summed E-state index contributed by atoms with van der Waals surface area (Å²) in [6, 6.07) is 4.52. The van der Waals surface area contributed by atoms with Crippen molar-refractivity contribution in [3.05, 3.63) is 23.8 Å². The van der Waals surface area contributed by atoms with Crippen LogP contribution in [0.1, 0.15) is 12.5 Å². The molecule has 0 saturated heterocycles. The Hall–Kier alpha value is -1.96. The largest absolute Gasteiger partial charge is 0.506 e. The number of carbonyl (C=O) groups is 1. The molecular weight excluding hydrogens is 260 g/mol. The van der Waals surface area contributed by atoms with Crippen LogP contribution in [-0.4, -0.2) is 26.7 Å². The van der Waals surface area contributed by atoms with Crippen LogP contribution < -0.4 is 9.44 Å². The van der Waals surface area contributed by atoms with E-state index >= 15 is 0 Å². The first kappa shape index (κ1) is 14.1. The standard InChI is InChI=1S/C10H14N2O5S/c1-3-7-4-5-9(13)8(6-7)11-18(15,16)12-10(14)17-2/h4-6,11,13H,3H2,1-2H3,(H,12,14). The first-order chi connectivity index (χ1) is 8.38. The van der Waals surface area contributed by atoms with Crippen LogP contribution in [0.5, 0.6) is 5.75 Å². The van der Waals surface area contributed by atoms with Gasteiger partial charge in [-0.2, -0.15) is 8.42 Å². The zero-order valence-electron chi connectivity index (χ0n) is 9.93. The number of amides is 1. The molecule has 0 unspecified atom stereocenters. The van der Waals surface area contributed by atoms with Crippen molar-refractivity contribution in [3.63, 3.8) is 0 Å². The second kappa shape index (κ2) is 5.58. The summed E-state index contributed by atoms with van der Waals surface area (Å²) in [6.07, 6.45) is -0.437. The number of carbonyl (C=O) groups excluding carboxylic acids is 1. The summed E-state index contributed by atoms with van der Waals surface area (Å²) >= 11 is 0. The number of rotatable bonds is 4. The van der Waals surface area contributed by atoms with E-state index in [0.29, 0.717) is 6.42 Å². The van der Waals surface area contributed by atoms with E-state index in [1.807, 2.05) is 11.6 Å². The Kier molecular flexibility index (Phi) is 4.38. The Bertz CT molecular complexity index is 541. The summed E-state index contributed by atoms with van der Waals surface area (Å²) in [5, 5.41) is 9.51. The molecule has 0 aliphatic rings. The molecule has 8 heteroatoms. The lowest BCUT2D eigenvalue weighted by Crippen LogP contribution is -2.35. The summed E-state index contributed by atoms with van der Waals surface area (Å²) < 4.78 is 30.8. The van der Waals surface area contributed by atoms with Crippen molar-refractivity contribution in [2.24, 2.45) is 0 Å². The van der Waals surface area contributed by atoms with E-state index < -0.39 is 16.3 Å². The van der Waals surface area contributed by atoms with Crippen molar-refractivity contribution >= 4 is 22.0 Å². The van der Waals surface area contributed by atoms with Gasteiger partial charge < -0.3 is 9.84 Å². The van der Waals surface area contributed by atoms with E-state index in [9.17, 15) is 18.3 Å². The fraction of sp³-hybridized carbons (Fsp3) is 0.300. The van der Waals surface area contributed by atoms with Crippen LogP contribution in [0.2, 0.25) is 0 Å². The smallest absolute Gasteiger partial charge is 0.422 e. The number of ether oxygens (including phenoxy) is 1. The van der Waals surface area contributed by atoms with Crippen molar-refractivity contribution in [2.75, 3.05) is 11.8 Å². The third kappa shape index (κ3) is 3.81. The number of anilines is 1. The number of phenolic OH excluding ortho intramolecular Hbond substituents is 1. The molecule has 0 spiro atoms. The minimum atomic E-state index is -4.13. The number of aryl methyl sites for hydroxylation is 1. The van der Waals surface area contributed by atoms with Gasteiger partial charge in [0.2, 0.25) is 0 Å². The quantitative estimate of drug-likeness (QED) is 0.709. The van der Waals surface area contributed by atoms with E-state index in [1.54, 1.807) is 10.8 Å². The van der Waals surface area contributed by atoms with Gasteiger partial charge in [0.1, 0.15) is 5.75 Å². The maximum atomic E-state index is 11.5. The lowest BCUT2D eigenvalue weighted by atomic mass is 10.1. The van der Waals surface area contributed by atoms with E-state index in [2.05, 4.69) is 4.74 Å². The average molecular weight is 274 g/mol. The highest BCUT2D eigenvalue weighted by Gasteiger charge is 2.16. The van der Waals surface area contributed by atoms with E-state index in [-0.39, 0.29) is 11.4 Å². The molecule has 0 aliphatic carbocycles. The lowest BCUT2D eigenvalue weighted by Gasteiger charge is -2.10. The van der Waals surface area contributed by atoms with Gasteiger partial charge in [-0.1, -0.05) is 13.0 Å². The van der Waals surface area contributed by atoms with Gasteiger partial charge in [0.25, 0.3) is 0 Å². The third-order valence-electron chi connectivity index (χ3n) is 2.12. The number of nitrogens with one attached hydrogen (secondary N) is 2. The predicted octanol–water partition coefficient (Wildman–Crippen LogP) is 0.967. The van der Waals surface area contributed by atoms with Crippen molar-refractivity contribution < 1.29 is 23.1 Å². The van der Waals surface area contributed by atoms with Gasteiger partial charge in [-0.15, -0.1) is 0 Å². The van der Waals surface area contributed by atoms with Crippen LogP contribution in [-0.2, 0) is 21.4 Å². The number of methoxy groups -OCH3 is 1. The van der Waals surface area contributed by atoms with E-state index in [1.165, 1.54) is 12.1 Å². The molecule has 0 aromatic heterocycles. The van der Waals surface area contributed by atoms with Crippen LogP contribution in [0.15, 0.2) is 18.2 Å². The zero-order chi connectivity index (χ0) is 13.8. The third-order valence-corrected chi connectivity index (χ3v) is 3.04. The molecule has 1 aromatic rings. The molecule has 0 bridgehead atoms. The van der Waals surface area contributed by atoms with E-state index in [4.69, 9.17) is 0 Å². The number of hydrogen-bond donors (Lipinski definition) is 3. The first-order valence-electron chi connectivity index (χ1n) is 5.08. The molecule has 1 amide bonds. The normalized spacial score (nSPS) is 10.8. The Morgan fingerprint density at radius 1 is 1.44 bits per heavy atom. The highest BCUT2D eigenvalue weighted by atomic mass is 32.2. The number of benzene rings is 1. The summed E-state index contributed by atoms with van der Waals surface area (Å²) in [4.78, 5) is 10.8. The molecule has 0 fully saturated rings. The minimum Gasteiger partial charge on any atom is -0.506 e. The first-order valence-corrected chi connectivity index (χ1v) is 6.56. The van der Waals surface area contributed by atoms with Gasteiger partial charge >= 0.3 is 16.3 Å². The second-order valence-corrected chi connectivity index (χ2v) is 4.82. The Morgan fingerprint density at radius 3 is 2.67 bits per heavy atom. The summed E-state index contributed by atoms with van der Waals surface area (Å²) in [5.74, 6) is -0.234. The summed E-state index contributed by atoms with van der Waals surface area (Å²) in [7, 11) is -3.09. The van der Waals surface area contributed by atoms with Crippen molar-refractivity contribution in [3.8, 4) is 5.75 Å². The maximum absolute atomic E-state index is 11.5. The van der Waals surface area contributed by atoms with Gasteiger partial charge in [0.05, 0.1) is 12.8 Å². The summed E-state index contributed by atoms with van der Waals surface area (Å²) in [5.41, 5.74) is 0.828. The minimum absolute atomic E-state index is 0.00856. The van der Waals surface area contributed by atoms with Gasteiger partial charge in [-0.3, -0.25) is 4.72 Å². The molecule has 7 nitrogen and oxygen atoms in total. The predicted molar refractivity (Wildman–Crippen MR) is 65.6 cm³/mol. The topological polar surface area (TPSA) is 105 Å². The highest BCUT2D eigenvalue weighted by Crippen LogP contribution is 2.25. The molecule has 18 heavy (non-hydrogen) atoms. The van der Waals surface area contributed by atoms with Crippen LogP contribution >= 0.6 is 0 Å². The van der Waals surface area contributed by atoms with Crippen LogP contribution in [0, 0.1) is 0 Å². The zero-order valence-corrected chi connectivity index (χ0v) is 10.7. The molecule has 0 radical (unpaired) electrons. The van der Waals surface area contributed by atoms with Gasteiger partial charge in [0, 0.05) is 0 Å². The van der Waals surface area contributed by atoms with Crippen LogP contribution in [0.25, 0.3) is 0 Å². The van der Waals surface area contributed by atoms with Crippen LogP contribution in [0.3, 0.4) is 0 Å². The fourth-order valence-corrected chi connectivity index (χ4v) is 2.01. The fourth-order valence-electron chi connectivity index (χ4n) is 1.21. The molecule has 0 atom stereocenters. The highest BCUT2D eigenvalue weighted by molar-refractivity contribution is 7.91. The second-order valence-electron chi connectivity index (χ2n) is 3.40.